The molecule has 0 heterocycles. The molecule has 0 unspecified atom stereocenters. The number of hydrogen-bond acceptors (Lipinski definition) is 4. The average molecular weight is 334 g/mol. The number of nitrogens with zero attached hydrogens (tertiary/aromatic N) is 1. The Balaban J connectivity index is 2.00. The van der Waals surface area contributed by atoms with Crippen LogP contribution in [0.25, 0.3) is 0 Å². The SMILES string of the molecule is Cc1ccc(SCC(=O)Nc2ccc(F)c([N+](=O)[O-])c2)c(C)c1. The molecule has 0 bridgehead atoms. The lowest BCUT2D eigenvalue weighted by molar-refractivity contribution is -0.387. The number of carbonyl (C=O) groups is 1. The molecule has 0 aliphatic rings. The molecule has 0 aliphatic heterocycles. The van der Waals surface area contributed by atoms with E-state index >= 15 is 0 Å². The summed E-state index contributed by atoms with van der Waals surface area (Å²) in [7, 11) is 0. The van der Waals surface area contributed by atoms with Crippen LogP contribution >= 0.6 is 11.8 Å². The summed E-state index contributed by atoms with van der Waals surface area (Å²) >= 11 is 1.38. The summed E-state index contributed by atoms with van der Waals surface area (Å²) in [5, 5.41) is 13.2. The molecule has 0 atom stereocenters. The summed E-state index contributed by atoms with van der Waals surface area (Å²) in [5.41, 5.74) is 1.77. The maximum absolute atomic E-state index is 13.2. The molecule has 1 amide bonds. The number of nitro groups is 1. The Labute approximate surface area is 137 Å². The number of aryl methyl sites for hydroxylation is 2. The van der Waals surface area contributed by atoms with Gasteiger partial charge in [-0.1, -0.05) is 17.7 Å². The predicted molar refractivity (Wildman–Crippen MR) is 88.3 cm³/mol. The molecule has 0 saturated heterocycles. The molecule has 5 nitrogen and oxygen atoms in total. The molecular formula is C16H15FN2O3S. The van der Waals surface area contributed by atoms with Gasteiger partial charge in [0.2, 0.25) is 11.7 Å². The predicted octanol–water partition coefficient (Wildman–Crippen LogP) is 4.08. The van der Waals surface area contributed by atoms with Gasteiger partial charge in [-0.3, -0.25) is 14.9 Å². The van der Waals surface area contributed by atoms with Gasteiger partial charge in [-0.25, -0.2) is 0 Å². The molecule has 0 spiro atoms. The largest absolute Gasteiger partial charge is 0.325 e. The number of thioether (sulfide) groups is 1. The molecule has 23 heavy (non-hydrogen) atoms. The van der Waals surface area contributed by atoms with Crippen molar-refractivity contribution in [2.24, 2.45) is 0 Å². The monoisotopic (exact) mass is 334 g/mol. The Bertz CT molecular complexity index is 765. The Kier molecular flexibility index (Phi) is 5.33. The van der Waals surface area contributed by atoms with E-state index in [0.717, 1.165) is 28.2 Å². The van der Waals surface area contributed by atoms with Crippen LogP contribution in [-0.2, 0) is 4.79 Å². The summed E-state index contributed by atoms with van der Waals surface area (Å²) in [6.45, 7) is 3.96. The van der Waals surface area contributed by atoms with Crippen molar-refractivity contribution < 1.29 is 14.1 Å². The van der Waals surface area contributed by atoms with Crippen LogP contribution in [-0.4, -0.2) is 16.6 Å². The summed E-state index contributed by atoms with van der Waals surface area (Å²) in [6, 6.07) is 9.22. The first kappa shape index (κ1) is 17.0. The summed E-state index contributed by atoms with van der Waals surface area (Å²) in [6.07, 6.45) is 0. The number of rotatable bonds is 5. The smallest absolute Gasteiger partial charge is 0.306 e. The zero-order valence-corrected chi connectivity index (χ0v) is 13.4. The Morgan fingerprint density at radius 2 is 2.00 bits per heavy atom. The number of nitro benzene ring substituents is 1. The maximum Gasteiger partial charge on any atom is 0.306 e. The minimum Gasteiger partial charge on any atom is -0.325 e. The molecule has 2 rings (SSSR count). The van der Waals surface area contributed by atoms with Crippen molar-refractivity contribution in [3.8, 4) is 0 Å². The minimum absolute atomic E-state index is 0.162. The first-order valence-electron chi connectivity index (χ1n) is 6.80. The molecule has 120 valence electrons. The van der Waals surface area contributed by atoms with E-state index in [1.54, 1.807) is 0 Å². The normalized spacial score (nSPS) is 10.4. The number of hydrogen-bond donors (Lipinski definition) is 1. The first-order chi connectivity index (χ1) is 10.9. The van der Waals surface area contributed by atoms with Crippen LogP contribution in [0.1, 0.15) is 11.1 Å². The maximum atomic E-state index is 13.2. The highest BCUT2D eigenvalue weighted by molar-refractivity contribution is 8.00. The van der Waals surface area contributed by atoms with Gasteiger partial charge in [-0.15, -0.1) is 11.8 Å². The molecule has 2 aromatic rings. The lowest BCUT2D eigenvalue weighted by atomic mass is 10.2. The van der Waals surface area contributed by atoms with Gasteiger partial charge < -0.3 is 5.32 Å². The zero-order chi connectivity index (χ0) is 17.0. The molecule has 0 fully saturated rings. The lowest BCUT2D eigenvalue weighted by Crippen LogP contribution is -2.14. The standard InChI is InChI=1S/C16H15FN2O3S/c1-10-3-6-15(11(2)7-10)23-9-16(20)18-12-4-5-13(17)14(8-12)19(21)22/h3-8H,9H2,1-2H3,(H,18,20). The molecule has 0 aromatic heterocycles. The Hall–Kier alpha value is -2.41. The van der Waals surface area contributed by atoms with Crippen molar-refractivity contribution in [3.63, 3.8) is 0 Å². The van der Waals surface area contributed by atoms with E-state index in [1.165, 1.54) is 17.8 Å². The second kappa shape index (κ2) is 7.23. The van der Waals surface area contributed by atoms with Crippen LogP contribution in [0.2, 0.25) is 0 Å². The third kappa shape index (κ3) is 4.53. The molecule has 7 heteroatoms. The van der Waals surface area contributed by atoms with Crippen molar-refractivity contribution in [1.82, 2.24) is 0 Å². The van der Waals surface area contributed by atoms with E-state index in [2.05, 4.69) is 5.32 Å². The summed E-state index contributed by atoms with van der Waals surface area (Å²) < 4.78 is 13.2. The average Bonchev–Trinajstić information content (AvgIpc) is 2.48. The number of nitrogens with one attached hydrogen (secondary N) is 1. The fourth-order valence-electron chi connectivity index (χ4n) is 2.03. The molecule has 0 saturated carbocycles. The highest BCUT2D eigenvalue weighted by Gasteiger charge is 2.15. The van der Waals surface area contributed by atoms with Crippen molar-refractivity contribution in [1.29, 1.82) is 0 Å². The van der Waals surface area contributed by atoms with E-state index in [-0.39, 0.29) is 17.3 Å². The lowest BCUT2D eigenvalue weighted by Gasteiger charge is -2.08. The van der Waals surface area contributed by atoms with E-state index in [0.29, 0.717) is 0 Å². The van der Waals surface area contributed by atoms with E-state index in [1.807, 2.05) is 32.0 Å². The quantitative estimate of drug-likeness (QED) is 0.508. The van der Waals surface area contributed by atoms with Gasteiger partial charge in [0.1, 0.15) is 0 Å². The van der Waals surface area contributed by atoms with Crippen molar-refractivity contribution in [3.05, 3.63) is 63.5 Å². The van der Waals surface area contributed by atoms with Gasteiger partial charge in [0, 0.05) is 16.6 Å². The Morgan fingerprint density at radius 3 is 2.65 bits per heavy atom. The highest BCUT2D eigenvalue weighted by atomic mass is 32.2. The Morgan fingerprint density at radius 1 is 1.26 bits per heavy atom. The number of benzene rings is 2. The van der Waals surface area contributed by atoms with E-state index < -0.39 is 16.4 Å². The van der Waals surface area contributed by atoms with Crippen LogP contribution in [0.5, 0.6) is 0 Å². The molecule has 0 radical (unpaired) electrons. The summed E-state index contributed by atoms with van der Waals surface area (Å²) in [4.78, 5) is 22.8. The molecule has 2 aromatic carbocycles. The second-order valence-electron chi connectivity index (χ2n) is 5.03. The van der Waals surface area contributed by atoms with Gasteiger partial charge in [0.05, 0.1) is 10.7 Å². The highest BCUT2D eigenvalue weighted by Crippen LogP contribution is 2.24. The fraction of sp³-hybridized carbons (Fsp3) is 0.188. The number of anilines is 1. The van der Waals surface area contributed by atoms with Crippen molar-refractivity contribution in [2.45, 2.75) is 18.7 Å². The topological polar surface area (TPSA) is 72.2 Å². The van der Waals surface area contributed by atoms with Gasteiger partial charge in [0.15, 0.2) is 0 Å². The molecule has 1 N–H and O–H groups in total. The third-order valence-corrected chi connectivity index (χ3v) is 4.29. The first-order valence-corrected chi connectivity index (χ1v) is 7.79. The van der Waals surface area contributed by atoms with Gasteiger partial charge in [-0.05, 0) is 37.6 Å². The van der Waals surface area contributed by atoms with Crippen molar-refractivity contribution in [2.75, 3.05) is 11.1 Å². The molecular weight excluding hydrogens is 319 g/mol. The summed E-state index contributed by atoms with van der Waals surface area (Å²) in [5.74, 6) is -1.08. The number of halogens is 1. The number of carbonyl (C=O) groups excluding carboxylic acids is 1. The van der Waals surface area contributed by atoms with Gasteiger partial charge in [0.25, 0.3) is 0 Å². The van der Waals surface area contributed by atoms with E-state index in [4.69, 9.17) is 0 Å². The third-order valence-electron chi connectivity index (χ3n) is 3.12. The van der Waals surface area contributed by atoms with Crippen LogP contribution in [0.3, 0.4) is 0 Å². The zero-order valence-electron chi connectivity index (χ0n) is 12.6. The van der Waals surface area contributed by atoms with Crippen LogP contribution in [0.4, 0.5) is 15.8 Å². The van der Waals surface area contributed by atoms with Crippen LogP contribution in [0, 0.1) is 29.8 Å². The van der Waals surface area contributed by atoms with Crippen LogP contribution in [0.15, 0.2) is 41.3 Å². The minimum atomic E-state index is -0.933. The van der Waals surface area contributed by atoms with Gasteiger partial charge >= 0.3 is 5.69 Å². The second-order valence-corrected chi connectivity index (χ2v) is 6.05. The van der Waals surface area contributed by atoms with Crippen LogP contribution < -0.4 is 5.32 Å². The number of amides is 1. The van der Waals surface area contributed by atoms with Gasteiger partial charge in [-0.2, -0.15) is 4.39 Å². The van der Waals surface area contributed by atoms with Crippen molar-refractivity contribution >= 4 is 29.0 Å². The fourth-order valence-corrected chi connectivity index (χ4v) is 2.84. The van der Waals surface area contributed by atoms with E-state index in [9.17, 15) is 19.3 Å². The molecule has 0 aliphatic carbocycles.